The average Bonchev–Trinajstić information content (AvgIpc) is 2.76. The SMILES string of the molecule is NC(=O)c1cccc(Cn2nc3ccccn3c2=O)c1. The lowest BCUT2D eigenvalue weighted by atomic mass is 10.1. The van der Waals surface area contributed by atoms with Crippen LogP contribution in [0.4, 0.5) is 0 Å². The van der Waals surface area contributed by atoms with Gasteiger partial charge in [-0.15, -0.1) is 5.10 Å². The number of hydrogen-bond acceptors (Lipinski definition) is 3. The zero-order valence-electron chi connectivity index (χ0n) is 10.6. The first-order valence-electron chi connectivity index (χ1n) is 6.08. The first-order valence-corrected chi connectivity index (χ1v) is 6.08. The van der Waals surface area contributed by atoms with Crippen molar-refractivity contribution in [2.75, 3.05) is 0 Å². The van der Waals surface area contributed by atoms with Crippen molar-refractivity contribution in [1.82, 2.24) is 14.2 Å². The molecule has 0 atom stereocenters. The zero-order valence-corrected chi connectivity index (χ0v) is 10.6. The Balaban J connectivity index is 2.01. The molecule has 100 valence electrons. The van der Waals surface area contributed by atoms with E-state index in [1.54, 1.807) is 36.5 Å². The molecular weight excluding hydrogens is 256 g/mol. The summed E-state index contributed by atoms with van der Waals surface area (Å²) in [5.41, 5.74) is 6.82. The second kappa shape index (κ2) is 4.65. The van der Waals surface area contributed by atoms with E-state index < -0.39 is 5.91 Å². The van der Waals surface area contributed by atoms with Crippen molar-refractivity contribution in [2.24, 2.45) is 5.73 Å². The van der Waals surface area contributed by atoms with E-state index in [2.05, 4.69) is 5.10 Å². The highest BCUT2D eigenvalue weighted by Gasteiger charge is 2.07. The molecule has 0 bridgehead atoms. The smallest absolute Gasteiger partial charge is 0.350 e. The third-order valence-corrected chi connectivity index (χ3v) is 3.03. The number of amides is 1. The van der Waals surface area contributed by atoms with Gasteiger partial charge in [0.05, 0.1) is 6.54 Å². The van der Waals surface area contributed by atoms with E-state index in [1.807, 2.05) is 12.1 Å². The van der Waals surface area contributed by atoms with E-state index in [-0.39, 0.29) is 5.69 Å². The largest absolute Gasteiger partial charge is 0.366 e. The Labute approximate surface area is 114 Å². The Morgan fingerprint density at radius 2 is 2.05 bits per heavy atom. The molecule has 2 heterocycles. The maximum absolute atomic E-state index is 12.1. The lowest BCUT2D eigenvalue weighted by Crippen LogP contribution is -2.21. The van der Waals surface area contributed by atoms with E-state index in [4.69, 9.17) is 5.73 Å². The molecule has 0 saturated carbocycles. The van der Waals surface area contributed by atoms with E-state index in [1.165, 1.54) is 9.08 Å². The molecule has 0 fully saturated rings. The first kappa shape index (κ1) is 12.2. The highest BCUT2D eigenvalue weighted by atomic mass is 16.2. The number of rotatable bonds is 3. The van der Waals surface area contributed by atoms with Crippen molar-refractivity contribution >= 4 is 11.6 Å². The summed E-state index contributed by atoms with van der Waals surface area (Å²) in [6.07, 6.45) is 1.67. The summed E-state index contributed by atoms with van der Waals surface area (Å²) in [5, 5.41) is 4.23. The van der Waals surface area contributed by atoms with Gasteiger partial charge in [-0.05, 0) is 29.8 Å². The minimum Gasteiger partial charge on any atom is -0.366 e. The number of carbonyl (C=O) groups is 1. The number of nitrogens with zero attached hydrogens (tertiary/aromatic N) is 3. The third kappa shape index (κ3) is 2.07. The molecule has 0 unspecified atom stereocenters. The number of fused-ring (bicyclic) bond motifs is 1. The predicted molar refractivity (Wildman–Crippen MR) is 73.5 cm³/mol. The van der Waals surface area contributed by atoms with Gasteiger partial charge in [-0.1, -0.05) is 18.2 Å². The molecular formula is C14H12N4O2. The highest BCUT2D eigenvalue weighted by molar-refractivity contribution is 5.92. The monoisotopic (exact) mass is 268 g/mol. The van der Waals surface area contributed by atoms with Crippen LogP contribution in [0.3, 0.4) is 0 Å². The molecule has 1 amide bonds. The third-order valence-electron chi connectivity index (χ3n) is 3.03. The fraction of sp³-hybridized carbons (Fsp3) is 0.0714. The topological polar surface area (TPSA) is 82.4 Å². The maximum atomic E-state index is 12.1. The molecule has 3 rings (SSSR count). The van der Waals surface area contributed by atoms with Gasteiger partial charge < -0.3 is 5.73 Å². The molecule has 0 spiro atoms. The second-order valence-corrected chi connectivity index (χ2v) is 4.43. The zero-order chi connectivity index (χ0) is 14.1. The van der Waals surface area contributed by atoms with Gasteiger partial charge in [0.25, 0.3) is 0 Å². The van der Waals surface area contributed by atoms with Crippen LogP contribution in [0.1, 0.15) is 15.9 Å². The Morgan fingerprint density at radius 1 is 1.20 bits per heavy atom. The van der Waals surface area contributed by atoms with Crippen LogP contribution in [0.5, 0.6) is 0 Å². The summed E-state index contributed by atoms with van der Waals surface area (Å²) in [4.78, 5) is 23.3. The van der Waals surface area contributed by atoms with Gasteiger partial charge >= 0.3 is 5.69 Å². The van der Waals surface area contributed by atoms with Gasteiger partial charge in [-0.3, -0.25) is 9.20 Å². The molecule has 1 aromatic carbocycles. The van der Waals surface area contributed by atoms with Gasteiger partial charge in [0.15, 0.2) is 5.65 Å². The second-order valence-electron chi connectivity index (χ2n) is 4.43. The van der Waals surface area contributed by atoms with E-state index in [9.17, 15) is 9.59 Å². The summed E-state index contributed by atoms with van der Waals surface area (Å²) in [7, 11) is 0. The molecule has 3 aromatic rings. The fourth-order valence-electron chi connectivity index (χ4n) is 2.07. The highest BCUT2D eigenvalue weighted by Crippen LogP contribution is 2.06. The van der Waals surface area contributed by atoms with Crippen molar-refractivity contribution in [3.8, 4) is 0 Å². The molecule has 20 heavy (non-hydrogen) atoms. The fourth-order valence-corrected chi connectivity index (χ4v) is 2.07. The summed E-state index contributed by atoms with van der Waals surface area (Å²) >= 11 is 0. The molecule has 0 radical (unpaired) electrons. The van der Waals surface area contributed by atoms with Crippen LogP contribution in [0.15, 0.2) is 53.5 Å². The standard InChI is InChI=1S/C14H12N4O2/c15-13(19)11-5-3-4-10(8-11)9-18-14(20)17-7-2-1-6-12(17)16-18/h1-8H,9H2,(H2,15,19). The van der Waals surface area contributed by atoms with Crippen LogP contribution >= 0.6 is 0 Å². The van der Waals surface area contributed by atoms with Crippen LogP contribution in [-0.4, -0.2) is 20.1 Å². The number of nitrogens with two attached hydrogens (primary N) is 1. The quantitative estimate of drug-likeness (QED) is 0.756. The molecule has 0 aliphatic heterocycles. The number of hydrogen-bond donors (Lipinski definition) is 1. The Morgan fingerprint density at radius 3 is 2.80 bits per heavy atom. The maximum Gasteiger partial charge on any atom is 0.350 e. The van der Waals surface area contributed by atoms with Crippen molar-refractivity contribution in [1.29, 1.82) is 0 Å². The number of primary amides is 1. The van der Waals surface area contributed by atoms with Crippen LogP contribution in [0.2, 0.25) is 0 Å². The molecule has 6 heteroatoms. The number of carbonyl (C=O) groups excluding carboxylic acids is 1. The van der Waals surface area contributed by atoms with Crippen molar-refractivity contribution in [3.63, 3.8) is 0 Å². The number of benzene rings is 1. The Kier molecular flexibility index (Phi) is 2.83. The van der Waals surface area contributed by atoms with E-state index in [0.717, 1.165) is 5.56 Å². The van der Waals surface area contributed by atoms with Gasteiger partial charge in [0, 0.05) is 11.8 Å². The summed E-state index contributed by atoms with van der Waals surface area (Å²) in [6.45, 7) is 0.293. The minimum atomic E-state index is -0.491. The van der Waals surface area contributed by atoms with Gasteiger partial charge in [-0.25, -0.2) is 9.48 Å². The van der Waals surface area contributed by atoms with Crippen LogP contribution in [0.25, 0.3) is 5.65 Å². The predicted octanol–water partition coefficient (Wildman–Crippen LogP) is 0.643. The van der Waals surface area contributed by atoms with Crippen molar-refractivity contribution in [2.45, 2.75) is 6.54 Å². The number of pyridine rings is 1. The molecule has 2 aromatic heterocycles. The Bertz CT molecular complexity index is 848. The lowest BCUT2D eigenvalue weighted by molar-refractivity contribution is 0.1000. The summed E-state index contributed by atoms with van der Waals surface area (Å²) in [6, 6.07) is 12.2. The Hall–Kier alpha value is -2.89. The van der Waals surface area contributed by atoms with E-state index in [0.29, 0.717) is 17.8 Å². The lowest BCUT2D eigenvalue weighted by Gasteiger charge is -2.02. The molecule has 0 aliphatic rings. The molecule has 6 nitrogen and oxygen atoms in total. The molecule has 2 N–H and O–H groups in total. The van der Waals surface area contributed by atoms with Crippen LogP contribution in [-0.2, 0) is 6.54 Å². The van der Waals surface area contributed by atoms with E-state index >= 15 is 0 Å². The van der Waals surface area contributed by atoms with Gasteiger partial charge in [0.1, 0.15) is 0 Å². The summed E-state index contributed by atoms with van der Waals surface area (Å²) < 4.78 is 2.83. The summed E-state index contributed by atoms with van der Waals surface area (Å²) in [5.74, 6) is -0.491. The average molecular weight is 268 g/mol. The number of aromatic nitrogens is 3. The van der Waals surface area contributed by atoms with Gasteiger partial charge in [-0.2, -0.15) is 0 Å². The van der Waals surface area contributed by atoms with Gasteiger partial charge in [0.2, 0.25) is 5.91 Å². The normalized spacial score (nSPS) is 10.8. The van der Waals surface area contributed by atoms with Crippen molar-refractivity contribution in [3.05, 3.63) is 70.3 Å². The van der Waals surface area contributed by atoms with Crippen molar-refractivity contribution < 1.29 is 4.79 Å². The van der Waals surface area contributed by atoms with Crippen LogP contribution in [0, 0.1) is 0 Å². The van der Waals surface area contributed by atoms with Crippen LogP contribution < -0.4 is 11.4 Å². The molecule has 0 aliphatic carbocycles. The minimum absolute atomic E-state index is 0.218. The molecule has 0 saturated heterocycles. The first-order chi connectivity index (χ1) is 9.65.